The normalized spacial score (nSPS) is 10.5. The number of carbonyl (C=O) groups is 1. The van der Waals surface area contributed by atoms with Crippen molar-refractivity contribution in [1.29, 1.82) is 5.26 Å². The quantitative estimate of drug-likeness (QED) is 0.667. The van der Waals surface area contributed by atoms with Gasteiger partial charge in [0, 0.05) is 35.8 Å². The van der Waals surface area contributed by atoms with E-state index in [9.17, 15) is 9.59 Å². The number of pyridine rings is 1. The molecule has 0 amide bonds. The number of Topliss-reactive ketones (excluding diaryl/α,β-unsaturated/α-hetero) is 1. The predicted molar refractivity (Wildman–Crippen MR) is 99.2 cm³/mol. The maximum atomic E-state index is 12.7. The van der Waals surface area contributed by atoms with Crippen LogP contribution in [0.5, 0.6) is 0 Å². The SMILES string of the molecule is Cc1cc(C(=O)Cn2cc(C#N)ccc2=O)c(C)n1Cc1ccccc1. The Morgan fingerprint density at radius 2 is 1.85 bits per heavy atom. The fourth-order valence-electron chi connectivity index (χ4n) is 3.05. The number of nitrogens with zero attached hydrogens (tertiary/aromatic N) is 3. The molecular weight excluding hydrogens is 326 g/mol. The number of benzene rings is 1. The molecule has 0 N–H and O–H groups in total. The average Bonchev–Trinajstić information content (AvgIpc) is 2.92. The van der Waals surface area contributed by atoms with Crippen LogP contribution in [0.25, 0.3) is 0 Å². The maximum absolute atomic E-state index is 12.7. The molecule has 130 valence electrons. The largest absolute Gasteiger partial charge is 0.344 e. The van der Waals surface area contributed by atoms with Crippen molar-refractivity contribution in [2.45, 2.75) is 26.9 Å². The molecule has 0 radical (unpaired) electrons. The average molecular weight is 345 g/mol. The number of rotatable bonds is 5. The van der Waals surface area contributed by atoms with E-state index in [2.05, 4.69) is 4.57 Å². The standard InChI is InChI=1S/C21H19N3O2/c1-15-10-19(16(2)24(15)13-17-6-4-3-5-7-17)20(25)14-23-12-18(11-22)8-9-21(23)26/h3-10,12H,13-14H2,1-2H3. The summed E-state index contributed by atoms with van der Waals surface area (Å²) in [6.07, 6.45) is 1.42. The Morgan fingerprint density at radius 3 is 2.54 bits per heavy atom. The fraction of sp³-hybridized carbons (Fsp3) is 0.190. The Bertz CT molecular complexity index is 1050. The highest BCUT2D eigenvalue weighted by atomic mass is 16.1. The monoisotopic (exact) mass is 345 g/mol. The summed E-state index contributed by atoms with van der Waals surface area (Å²) in [6, 6.07) is 16.7. The predicted octanol–water partition coefficient (Wildman–Crippen LogP) is 3.07. The minimum atomic E-state index is -0.296. The zero-order chi connectivity index (χ0) is 18.7. The van der Waals surface area contributed by atoms with Crippen molar-refractivity contribution in [2.24, 2.45) is 0 Å². The van der Waals surface area contributed by atoms with E-state index >= 15 is 0 Å². The third-order valence-electron chi connectivity index (χ3n) is 4.48. The molecule has 3 aromatic rings. The molecule has 5 nitrogen and oxygen atoms in total. The van der Waals surface area contributed by atoms with Crippen LogP contribution in [-0.2, 0) is 13.1 Å². The van der Waals surface area contributed by atoms with E-state index in [0.29, 0.717) is 17.7 Å². The molecule has 0 saturated heterocycles. The van der Waals surface area contributed by atoms with Crippen LogP contribution in [-0.4, -0.2) is 14.9 Å². The zero-order valence-corrected chi connectivity index (χ0v) is 14.8. The third-order valence-corrected chi connectivity index (χ3v) is 4.48. The van der Waals surface area contributed by atoms with Crippen molar-refractivity contribution < 1.29 is 4.79 Å². The Labute approximate surface area is 151 Å². The van der Waals surface area contributed by atoms with Crippen LogP contribution in [0.15, 0.2) is 59.5 Å². The highest BCUT2D eigenvalue weighted by Crippen LogP contribution is 2.18. The molecule has 0 aliphatic heterocycles. The first-order valence-corrected chi connectivity index (χ1v) is 8.34. The molecule has 2 aromatic heterocycles. The second-order valence-electron chi connectivity index (χ2n) is 6.28. The molecule has 0 aliphatic rings. The van der Waals surface area contributed by atoms with Gasteiger partial charge in [-0.3, -0.25) is 9.59 Å². The molecule has 5 heteroatoms. The van der Waals surface area contributed by atoms with E-state index in [4.69, 9.17) is 5.26 Å². The lowest BCUT2D eigenvalue weighted by Crippen LogP contribution is -2.23. The van der Waals surface area contributed by atoms with Gasteiger partial charge in [0.1, 0.15) is 6.07 Å². The van der Waals surface area contributed by atoms with Gasteiger partial charge in [-0.15, -0.1) is 0 Å². The molecule has 3 rings (SSSR count). The molecule has 0 spiro atoms. The van der Waals surface area contributed by atoms with Gasteiger partial charge in [0.2, 0.25) is 0 Å². The first-order valence-electron chi connectivity index (χ1n) is 8.34. The number of hydrogen-bond donors (Lipinski definition) is 0. The summed E-state index contributed by atoms with van der Waals surface area (Å²) >= 11 is 0. The Balaban J connectivity index is 1.88. The molecule has 26 heavy (non-hydrogen) atoms. The summed E-state index contributed by atoms with van der Waals surface area (Å²) < 4.78 is 3.38. The van der Waals surface area contributed by atoms with E-state index in [0.717, 1.165) is 17.0 Å². The van der Waals surface area contributed by atoms with Crippen LogP contribution in [0.4, 0.5) is 0 Å². The number of aromatic nitrogens is 2. The summed E-state index contributed by atoms with van der Waals surface area (Å²) in [5, 5.41) is 8.97. The van der Waals surface area contributed by atoms with Crippen molar-refractivity contribution in [3.63, 3.8) is 0 Å². The molecular formula is C21H19N3O2. The number of nitriles is 1. The van der Waals surface area contributed by atoms with E-state index in [1.54, 1.807) is 0 Å². The topological polar surface area (TPSA) is 67.8 Å². The minimum absolute atomic E-state index is 0.0794. The van der Waals surface area contributed by atoms with E-state index in [-0.39, 0.29) is 17.9 Å². The number of hydrogen-bond acceptors (Lipinski definition) is 3. The Morgan fingerprint density at radius 1 is 1.12 bits per heavy atom. The zero-order valence-electron chi connectivity index (χ0n) is 14.8. The number of aryl methyl sites for hydroxylation is 1. The van der Waals surface area contributed by atoms with Crippen molar-refractivity contribution >= 4 is 5.78 Å². The van der Waals surface area contributed by atoms with Crippen molar-refractivity contribution in [1.82, 2.24) is 9.13 Å². The van der Waals surface area contributed by atoms with Crippen LogP contribution >= 0.6 is 0 Å². The summed E-state index contributed by atoms with van der Waals surface area (Å²) in [4.78, 5) is 24.7. The summed E-state index contributed by atoms with van der Waals surface area (Å²) in [5.74, 6) is -0.144. The Kier molecular flexibility index (Phi) is 4.85. The van der Waals surface area contributed by atoms with Gasteiger partial charge in [-0.05, 0) is 31.5 Å². The molecule has 0 aliphatic carbocycles. The molecule has 2 heterocycles. The highest BCUT2D eigenvalue weighted by molar-refractivity contribution is 5.97. The van der Waals surface area contributed by atoms with Gasteiger partial charge in [0.15, 0.2) is 5.78 Å². The molecule has 0 atom stereocenters. The van der Waals surface area contributed by atoms with E-state index in [1.165, 1.54) is 22.9 Å². The third kappa shape index (κ3) is 3.50. The molecule has 0 fully saturated rings. The lowest BCUT2D eigenvalue weighted by atomic mass is 10.1. The lowest BCUT2D eigenvalue weighted by molar-refractivity contribution is 0.0970. The lowest BCUT2D eigenvalue weighted by Gasteiger charge is -2.10. The van der Waals surface area contributed by atoms with Crippen LogP contribution in [0, 0.1) is 25.2 Å². The van der Waals surface area contributed by atoms with Gasteiger partial charge in [0.25, 0.3) is 5.56 Å². The number of ketones is 1. The minimum Gasteiger partial charge on any atom is -0.344 e. The summed E-state index contributed by atoms with van der Waals surface area (Å²) in [5.41, 5.74) is 3.69. The molecule has 0 unspecified atom stereocenters. The molecule has 0 saturated carbocycles. The fourth-order valence-corrected chi connectivity index (χ4v) is 3.05. The van der Waals surface area contributed by atoms with Crippen molar-refractivity contribution in [3.8, 4) is 6.07 Å². The van der Waals surface area contributed by atoms with Crippen LogP contribution in [0.2, 0.25) is 0 Å². The first-order chi connectivity index (χ1) is 12.5. The molecule has 1 aromatic carbocycles. The van der Waals surface area contributed by atoms with Crippen LogP contribution in [0.3, 0.4) is 0 Å². The van der Waals surface area contributed by atoms with E-state index in [1.807, 2.05) is 56.3 Å². The van der Waals surface area contributed by atoms with Crippen LogP contribution in [0.1, 0.15) is 32.9 Å². The van der Waals surface area contributed by atoms with E-state index < -0.39 is 0 Å². The van der Waals surface area contributed by atoms with Gasteiger partial charge in [0.05, 0.1) is 12.1 Å². The second-order valence-corrected chi connectivity index (χ2v) is 6.28. The number of carbonyl (C=O) groups excluding carboxylic acids is 1. The van der Waals surface area contributed by atoms with Gasteiger partial charge in [-0.1, -0.05) is 30.3 Å². The summed E-state index contributed by atoms with van der Waals surface area (Å²) in [7, 11) is 0. The van der Waals surface area contributed by atoms with Gasteiger partial charge in [-0.2, -0.15) is 5.26 Å². The smallest absolute Gasteiger partial charge is 0.251 e. The molecule has 0 bridgehead atoms. The highest BCUT2D eigenvalue weighted by Gasteiger charge is 2.17. The van der Waals surface area contributed by atoms with Crippen molar-refractivity contribution in [3.05, 3.63) is 93.2 Å². The van der Waals surface area contributed by atoms with Gasteiger partial charge < -0.3 is 9.13 Å². The van der Waals surface area contributed by atoms with Gasteiger partial charge >= 0.3 is 0 Å². The maximum Gasteiger partial charge on any atom is 0.251 e. The van der Waals surface area contributed by atoms with Crippen LogP contribution < -0.4 is 5.56 Å². The first kappa shape index (κ1) is 17.4. The summed E-state index contributed by atoms with van der Waals surface area (Å²) in [6.45, 7) is 4.49. The second kappa shape index (κ2) is 7.24. The Hall–Kier alpha value is -3.39. The van der Waals surface area contributed by atoms with Crippen molar-refractivity contribution in [2.75, 3.05) is 0 Å². The van der Waals surface area contributed by atoms with Gasteiger partial charge in [-0.25, -0.2) is 0 Å².